The number of anilines is 1. The highest BCUT2D eigenvalue weighted by Gasteiger charge is 2.21. The SMILES string of the molecule is CCc1c(C)sc(NC(=O)c2cccc(OC(C)CC)c2)c1C(N)=O. The largest absolute Gasteiger partial charge is 0.491 e. The Balaban J connectivity index is 2.26. The number of carbonyl (C=O) groups is 2. The molecule has 0 radical (unpaired) electrons. The van der Waals surface area contributed by atoms with Gasteiger partial charge in [-0.05, 0) is 50.5 Å². The van der Waals surface area contributed by atoms with E-state index >= 15 is 0 Å². The molecule has 6 heteroatoms. The maximum atomic E-state index is 12.6. The van der Waals surface area contributed by atoms with Crippen molar-refractivity contribution in [3.63, 3.8) is 0 Å². The van der Waals surface area contributed by atoms with Crippen molar-refractivity contribution in [3.8, 4) is 5.75 Å². The van der Waals surface area contributed by atoms with Crippen LogP contribution >= 0.6 is 11.3 Å². The fourth-order valence-corrected chi connectivity index (χ4v) is 3.70. The number of hydrogen-bond acceptors (Lipinski definition) is 4. The maximum Gasteiger partial charge on any atom is 0.256 e. The molecule has 0 aliphatic heterocycles. The zero-order chi connectivity index (χ0) is 18.6. The number of thiophene rings is 1. The molecule has 1 aromatic heterocycles. The van der Waals surface area contributed by atoms with E-state index in [1.807, 2.05) is 33.8 Å². The van der Waals surface area contributed by atoms with Gasteiger partial charge in [0, 0.05) is 10.4 Å². The summed E-state index contributed by atoms with van der Waals surface area (Å²) < 4.78 is 5.76. The molecule has 5 nitrogen and oxygen atoms in total. The first-order valence-corrected chi connectivity index (χ1v) is 9.19. The molecule has 0 saturated heterocycles. The van der Waals surface area contributed by atoms with E-state index in [0.29, 0.717) is 28.3 Å². The van der Waals surface area contributed by atoms with E-state index in [4.69, 9.17) is 10.5 Å². The van der Waals surface area contributed by atoms with Gasteiger partial charge in [-0.15, -0.1) is 11.3 Å². The van der Waals surface area contributed by atoms with Crippen molar-refractivity contribution in [2.24, 2.45) is 5.73 Å². The maximum absolute atomic E-state index is 12.6. The molecule has 1 aromatic carbocycles. The van der Waals surface area contributed by atoms with Crippen LogP contribution in [0, 0.1) is 6.92 Å². The van der Waals surface area contributed by atoms with Gasteiger partial charge in [0.1, 0.15) is 10.8 Å². The second-order valence-electron chi connectivity index (χ2n) is 5.88. The lowest BCUT2D eigenvalue weighted by atomic mass is 10.1. The van der Waals surface area contributed by atoms with Crippen LogP contribution in [-0.2, 0) is 6.42 Å². The van der Waals surface area contributed by atoms with Crippen LogP contribution in [0.1, 0.15) is 58.3 Å². The molecule has 3 N–H and O–H groups in total. The number of carbonyl (C=O) groups excluding carboxylic acids is 2. The van der Waals surface area contributed by atoms with Gasteiger partial charge in [-0.2, -0.15) is 0 Å². The molecule has 0 aliphatic rings. The van der Waals surface area contributed by atoms with Crippen LogP contribution in [-0.4, -0.2) is 17.9 Å². The highest BCUT2D eigenvalue weighted by Crippen LogP contribution is 2.33. The summed E-state index contributed by atoms with van der Waals surface area (Å²) in [5.41, 5.74) is 7.28. The molecule has 0 spiro atoms. The Morgan fingerprint density at radius 1 is 1.32 bits per heavy atom. The lowest BCUT2D eigenvalue weighted by Crippen LogP contribution is -2.18. The molecule has 0 saturated carbocycles. The monoisotopic (exact) mass is 360 g/mol. The van der Waals surface area contributed by atoms with Gasteiger partial charge in [-0.25, -0.2) is 0 Å². The van der Waals surface area contributed by atoms with Gasteiger partial charge in [0.2, 0.25) is 0 Å². The smallest absolute Gasteiger partial charge is 0.256 e. The Morgan fingerprint density at radius 2 is 2.04 bits per heavy atom. The second kappa shape index (κ2) is 8.16. The van der Waals surface area contributed by atoms with Gasteiger partial charge in [-0.1, -0.05) is 19.9 Å². The number of amides is 2. The zero-order valence-corrected chi connectivity index (χ0v) is 15.8. The standard InChI is InChI=1S/C19H24N2O3S/c1-5-11(3)24-14-9-7-8-13(10-14)18(23)21-19-16(17(20)22)15(6-2)12(4)25-19/h7-11H,5-6H2,1-4H3,(H2,20,22)(H,21,23). The summed E-state index contributed by atoms with van der Waals surface area (Å²) in [6.45, 7) is 7.90. The van der Waals surface area contributed by atoms with E-state index in [2.05, 4.69) is 5.32 Å². The topological polar surface area (TPSA) is 81.4 Å². The van der Waals surface area contributed by atoms with Crippen molar-refractivity contribution in [2.45, 2.75) is 46.6 Å². The average Bonchev–Trinajstić information content (AvgIpc) is 2.90. The van der Waals surface area contributed by atoms with Crippen molar-refractivity contribution in [2.75, 3.05) is 5.32 Å². The summed E-state index contributed by atoms with van der Waals surface area (Å²) in [4.78, 5) is 25.4. The quantitative estimate of drug-likeness (QED) is 0.778. The first-order valence-electron chi connectivity index (χ1n) is 8.37. The van der Waals surface area contributed by atoms with Crippen molar-refractivity contribution >= 4 is 28.2 Å². The molecular weight excluding hydrogens is 336 g/mol. The molecule has 134 valence electrons. The summed E-state index contributed by atoms with van der Waals surface area (Å²) in [7, 11) is 0. The third-order valence-corrected chi connectivity index (χ3v) is 5.11. The average molecular weight is 360 g/mol. The van der Waals surface area contributed by atoms with Crippen LogP contribution in [0.5, 0.6) is 5.75 Å². The lowest BCUT2D eigenvalue weighted by Gasteiger charge is -2.13. The minimum atomic E-state index is -0.523. The minimum absolute atomic E-state index is 0.0758. The minimum Gasteiger partial charge on any atom is -0.491 e. The fourth-order valence-electron chi connectivity index (χ4n) is 2.55. The molecule has 1 heterocycles. The van der Waals surface area contributed by atoms with Crippen molar-refractivity contribution < 1.29 is 14.3 Å². The number of nitrogens with one attached hydrogen (secondary N) is 1. The Labute approximate surface area is 152 Å². The van der Waals surface area contributed by atoms with Gasteiger partial charge in [-0.3, -0.25) is 9.59 Å². The van der Waals surface area contributed by atoms with Crippen molar-refractivity contribution in [3.05, 3.63) is 45.8 Å². The summed E-state index contributed by atoms with van der Waals surface area (Å²) in [5.74, 6) is -0.167. The molecule has 2 aromatic rings. The number of ether oxygens (including phenoxy) is 1. The Morgan fingerprint density at radius 3 is 2.64 bits per heavy atom. The molecule has 0 aliphatic carbocycles. The molecule has 2 amide bonds. The molecule has 2 rings (SSSR count). The summed E-state index contributed by atoms with van der Waals surface area (Å²) in [5, 5.41) is 3.32. The number of primary amides is 1. The number of aryl methyl sites for hydroxylation is 1. The molecule has 25 heavy (non-hydrogen) atoms. The molecule has 1 atom stereocenters. The van der Waals surface area contributed by atoms with Crippen LogP contribution in [0.2, 0.25) is 0 Å². The first-order chi connectivity index (χ1) is 11.9. The predicted octanol–water partition coefficient (Wildman–Crippen LogP) is 4.15. The van der Waals surface area contributed by atoms with Crippen LogP contribution < -0.4 is 15.8 Å². The van der Waals surface area contributed by atoms with Gasteiger partial charge < -0.3 is 15.8 Å². The third-order valence-electron chi connectivity index (χ3n) is 4.04. The van der Waals surface area contributed by atoms with Crippen molar-refractivity contribution in [1.29, 1.82) is 0 Å². The molecule has 0 fully saturated rings. The van der Waals surface area contributed by atoms with E-state index in [1.165, 1.54) is 11.3 Å². The number of nitrogens with two attached hydrogens (primary N) is 1. The molecular formula is C19H24N2O3S. The van der Waals surface area contributed by atoms with E-state index in [-0.39, 0.29) is 12.0 Å². The number of hydrogen-bond donors (Lipinski definition) is 2. The third kappa shape index (κ3) is 4.39. The molecule has 0 bridgehead atoms. The Bertz CT molecular complexity index is 783. The van der Waals surface area contributed by atoms with Crippen LogP contribution in [0.3, 0.4) is 0 Å². The summed E-state index contributed by atoms with van der Waals surface area (Å²) in [6.07, 6.45) is 1.65. The van der Waals surface area contributed by atoms with E-state index in [1.54, 1.807) is 18.2 Å². The fraction of sp³-hybridized carbons (Fsp3) is 0.368. The first kappa shape index (κ1) is 19.0. The molecule has 1 unspecified atom stereocenters. The van der Waals surface area contributed by atoms with E-state index in [9.17, 15) is 9.59 Å². The van der Waals surface area contributed by atoms with Crippen molar-refractivity contribution in [1.82, 2.24) is 0 Å². The summed E-state index contributed by atoms with van der Waals surface area (Å²) >= 11 is 1.37. The van der Waals surface area contributed by atoms with E-state index < -0.39 is 5.91 Å². The second-order valence-corrected chi connectivity index (χ2v) is 7.10. The van der Waals surface area contributed by atoms with Crippen LogP contribution in [0.15, 0.2) is 24.3 Å². The highest BCUT2D eigenvalue weighted by molar-refractivity contribution is 7.16. The van der Waals surface area contributed by atoms with Gasteiger partial charge >= 0.3 is 0 Å². The summed E-state index contributed by atoms with van der Waals surface area (Å²) in [6, 6.07) is 7.01. The van der Waals surface area contributed by atoms with Gasteiger partial charge in [0.15, 0.2) is 0 Å². The van der Waals surface area contributed by atoms with Crippen LogP contribution in [0.4, 0.5) is 5.00 Å². The normalized spacial score (nSPS) is 11.8. The number of benzene rings is 1. The van der Waals surface area contributed by atoms with Gasteiger partial charge in [0.05, 0.1) is 11.7 Å². The zero-order valence-electron chi connectivity index (χ0n) is 15.0. The number of rotatable bonds is 7. The van der Waals surface area contributed by atoms with Crippen LogP contribution in [0.25, 0.3) is 0 Å². The lowest BCUT2D eigenvalue weighted by molar-refractivity contribution is 0.100. The Kier molecular flexibility index (Phi) is 6.20. The van der Waals surface area contributed by atoms with Gasteiger partial charge in [0.25, 0.3) is 11.8 Å². The van der Waals surface area contributed by atoms with E-state index in [0.717, 1.165) is 16.9 Å². The highest BCUT2D eigenvalue weighted by atomic mass is 32.1. The predicted molar refractivity (Wildman–Crippen MR) is 102 cm³/mol. The Hall–Kier alpha value is -2.34.